The summed E-state index contributed by atoms with van der Waals surface area (Å²) >= 11 is 1.39. The molecule has 1 aliphatic heterocycles. The van der Waals surface area contributed by atoms with Gasteiger partial charge in [0.1, 0.15) is 0 Å². The number of piperidine rings is 1. The van der Waals surface area contributed by atoms with Crippen molar-refractivity contribution in [2.75, 3.05) is 11.9 Å². The van der Waals surface area contributed by atoms with Crippen LogP contribution in [0.2, 0.25) is 0 Å². The highest BCUT2D eigenvalue weighted by atomic mass is 32.1. The molecule has 0 spiro atoms. The third-order valence-corrected chi connectivity index (χ3v) is 6.82. The van der Waals surface area contributed by atoms with Crippen LogP contribution in [0, 0.1) is 0 Å². The SMILES string of the molecule is CC1CCCCN1Cc1ccc(CNC(=O)c2ccc(NC(=O)c3cccs3)cc2)cc1. The Labute approximate surface area is 193 Å². The zero-order valence-corrected chi connectivity index (χ0v) is 19.2. The molecule has 1 unspecified atom stereocenters. The molecule has 4 rings (SSSR count). The number of nitrogens with zero attached hydrogens (tertiary/aromatic N) is 1. The summed E-state index contributed by atoms with van der Waals surface area (Å²) in [5.41, 5.74) is 3.62. The number of benzene rings is 2. The number of hydrogen-bond donors (Lipinski definition) is 2. The fourth-order valence-corrected chi connectivity index (χ4v) is 4.60. The maximum Gasteiger partial charge on any atom is 0.265 e. The number of thiophene rings is 1. The zero-order valence-electron chi connectivity index (χ0n) is 18.3. The Balaban J connectivity index is 1.26. The van der Waals surface area contributed by atoms with E-state index in [9.17, 15) is 9.59 Å². The van der Waals surface area contributed by atoms with Crippen molar-refractivity contribution in [2.45, 2.75) is 45.3 Å². The van der Waals surface area contributed by atoms with Gasteiger partial charge < -0.3 is 10.6 Å². The van der Waals surface area contributed by atoms with E-state index in [0.29, 0.717) is 28.7 Å². The number of carbonyl (C=O) groups excluding carboxylic acids is 2. The minimum Gasteiger partial charge on any atom is -0.348 e. The molecule has 0 aliphatic carbocycles. The van der Waals surface area contributed by atoms with Crippen molar-refractivity contribution in [1.82, 2.24) is 10.2 Å². The summed E-state index contributed by atoms with van der Waals surface area (Å²) in [6.45, 7) is 4.96. The van der Waals surface area contributed by atoms with Crippen LogP contribution in [0.1, 0.15) is 57.3 Å². The quantitative estimate of drug-likeness (QED) is 0.516. The van der Waals surface area contributed by atoms with Crippen molar-refractivity contribution in [3.63, 3.8) is 0 Å². The third-order valence-electron chi connectivity index (χ3n) is 5.95. The molecule has 166 valence electrons. The Morgan fingerprint density at radius 3 is 2.41 bits per heavy atom. The van der Waals surface area contributed by atoms with Gasteiger partial charge in [-0.15, -0.1) is 11.3 Å². The Hall–Kier alpha value is -2.96. The van der Waals surface area contributed by atoms with Gasteiger partial charge in [0.2, 0.25) is 0 Å². The van der Waals surface area contributed by atoms with E-state index >= 15 is 0 Å². The van der Waals surface area contributed by atoms with Crippen LogP contribution in [-0.4, -0.2) is 29.3 Å². The maximum atomic E-state index is 12.5. The van der Waals surface area contributed by atoms with Crippen molar-refractivity contribution in [2.24, 2.45) is 0 Å². The lowest BCUT2D eigenvalue weighted by Crippen LogP contribution is -2.36. The minimum atomic E-state index is -0.143. The predicted molar refractivity (Wildman–Crippen MR) is 130 cm³/mol. The Morgan fingerprint density at radius 1 is 0.969 bits per heavy atom. The highest BCUT2D eigenvalue weighted by Gasteiger charge is 2.18. The van der Waals surface area contributed by atoms with E-state index in [2.05, 4.69) is 46.7 Å². The highest BCUT2D eigenvalue weighted by molar-refractivity contribution is 7.12. The average Bonchev–Trinajstić information content (AvgIpc) is 3.36. The molecule has 1 aromatic heterocycles. The fourth-order valence-electron chi connectivity index (χ4n) is 3.98. The minimum absolute atomic E-state index is 0.132. The van der Waals surface area contributed by atoms with Gasteiger partial charge in [-0.25, -0.2) is 0 Å². The van der Waals surface area contributed by atoms with E-state index in [1.165, 1.54) is 42.7 Å². The Morgan fingerprint density at radius 2 is 1.72 bits per heavy atom. The number of nitrogens with one attached hydrogen (secondary N) is 2. The van der Waals surface area contributed by atoms with E-state index in [1.807, 2.05) is 11.4 Å². The Kier molecular flexibility index (Phi) is 7.35. The monoisotopic (exact) mass is 447 g/mol. The van der Waals surface area contributed by atoms with Crippen molar-refractivity contribution in [3.8, 4) is 0 Å². The number of anilines is 1. The molecule has 0 bridgehead atoms. The van der Waals surface area contributed by atoms with Gasteiger partial charge in [0.15, 0.2) is 0 Å². The first kappa shape index (κ1) is 22.2. The van der Waals surface area contributed by atoms with Gasteiger partial charge in [0, 0.05) is 30.4 Å². The molecule has 0 radical (unpaired) electrons. The molecule has 6 heteroatoms. The molecule has 5 nitrogen and oxygen atoms in total. The summed E-state index contributed by atoms with van der Waals surface area (Å²) in [6.07, 6.45) is 3.91. The second-order valence-electron chi connectivity index (χ2n) is 8.32. The summed E-state index contributed by atoms with van der Waals surface area (Å²) in [7, 11) is 0. The number of likely N-dealkylation sites (tertiary alicyclic amines) is 1. The molecule has 32 heavy (non-hydrogen) atoms. The van der Waals surface area contributed by atoms with E-state index in [-0.39, 0.29) is 11.8 Å². The summed E-state index contributed by atoms with van der Waals surface area (Å²) in [4.78, 5) is 27.8. The molecule has 1 atom stereocenters. The van der Waals surface area contributed by atoms with Gasteiger partial charge in [-0.2, -0.15) is 0 Å². The smallest absolute Gasteiger partial charge is 0.265 e. The molecule has 2 aromatic carbocycles. The zero-order chi connectivity index (χ0) is 22.3. The second kappa shape index (κ2) is 10.6. The lowest BCUT2D eigenvalue weighted by atomic mass is 10.0. The van der Waals surface area contributed by atoms with Gasteiger partial charge >= 0.3 is 0 Å². The Bertz CT molecular complexity index is 1030. The molecule has 2 N–H and O–H groups in total. The predicted octanol–water partition coefficient (Wildman–Crippen LogP) is 5.30. The average molecular weight is 448 g/mol. The van der Waals surface area contributed by atoms with Crippen LogP contribution < -0.4 is 10.6 Å². The van der Waals surface area contributed by atoms with Crippen molar-refractivity contribution < 1.29 is 9.59 Å². The van der Waals surface area contributed by atoms with E-state index in [0.717, 1.165) is 12.1 Å². The normalized spacial score (nSPS) is 16.5. The number of rotatable bonds is 7. The number of amides is 2. The first-order chi connectivity index (χ1) is 15.6. The van der Waals surface area contributed by atoms with Gasteiger partial charge in [-0.1, -0.05) is 36.8 Å². The first-order valence-corrected chi connectivity index (χ1v) is 12.0. The highest BCUT2D eigenvalue weighted by Crippen LogP contribution is 2.19. The molecule has 1 saturated heterocycles. The van der Waals surface area contributed by atoms with Crippen LogP contribution in [-0.2, 0) is 13.1 Å². The van der Waals surface area contributed by atoms with Crippen LogP contribution in [0.3, 0.4) is 0 Å². The molecule has 3 aromatic rings. The lowest BCUT2D eigenvalue weighted by Gasteiger charge is -2.33. The van der Waals surface area contributed by atoms with Crippen LogP contribution in [0.4, 0.5) is 5.69 Å². The molecule has 0 saturated carbocycles. The van der Waals surface area contributed by atoms with Crippen molar-refractivity contribution in [1.29, 1.82) is 0 Å². The topological polar surface area (TPSA) is 61.4 Å². The summed E-state index contributed by atoms with van der Waals surface area (Å²) in [5, 5.41) is 7.68. The molecule has 1 aliphatic rings. The maximum absolute atomic E-state index is 12.5. The van der Waals surface area contributed by atoms with Gasteiger partial charge in [0.05, 0.1) is 4.88 Å². The molecule has 2 amide bonds. The number of hydrogen-bond acceptors (Lipinski definition) is 4. The van der Waals surface area contributed by atoms with Gasteiger partial charge in [-0.05, 0) is 73.1 Å². The summed E-state index contributed by atoms with van der Waals surface area (Å²) in [5.74, 6) is -0.275. The molecule has 1 fully saturated rings. The second-order valence-corrected chi connectivity index (χ2v) is 9.27. The molecule has 2 heterocycles. The largest absolute Gasteiger partial charge is 0.348 e. The summed E-state index contributed by atoms with van der Waals surface area (Å²) < 4.78 is 0. The first-order valence-electron chi connectivity index (χ1n) is 11.1. The third kappa shape index (κ3) is 5.84. The van der Waals surface area contributed by atoms with E-state index < -0.39 is 0 Å². The molecular weight excluding hydrogens is 418 g/mol. The van der Waals surface area contributed by atoms with Crippen LogP contribution >= 0.6 is 11.3 Å². The summed E-state index contributed by atoms with van der Waals surface area (Å²) in [6, 6.07) is 19.7. The van der Waals surface area contributed by atoms with Gasteiger partial charge in [0.25, 0.3) is 11.8 Å². The fraction of sp³-hybridized carbons (Fsp3) is 0.308. The van der Waals surface area contributed by atoms with Gasteiger partial charge in [-0.3, -0.25) is 14.5 Å². The lowest BCUT2D eigenvalue weighted by molar-refractivity contribution is 0.0950. The van der Waals surface area contributed by atoms with E-state index in [1.54, 1.807) is 30.3 Å². The van der Waals surface area contributed by atoms with Crippen molar-refractivity contribution >= 4 is 28.8 Å². The number of carbonyl (C=O) groups is 2. The van der Waals surface area contributed by atoms with Crippen LogP contribution in [0.15, 0.2) is 66.0 Å². The van der Waals surface area contributed by atoms with Crippen LogP contribution in [0.25, 0.3) is 0 Å². The van der Waals surface area contributed by atoms with E-state index in [4.69, 9.17) is 0 Å². The molecular formula is C26H29N3O2S. The standard InChI is InChI=1S/C26H29N3O2S/c1-19-5-2-3-15-29(19)18-21-9-7-20(8-10-21)17-27-25(30)22-11-13-23(14-12-22)28-26(31)24-6-4-16-32-24/h4,6-14,16,19H,2-3,5,15,17-18H2,1H3,(H,27,30)(H,28,31). The van der Waals surface area contributed by atoms with Crippen LogP contribution in [0.5, 0.6) is 0 Å². The van der Waals surface area contributed by atoms with Crippen molar-refractivity contribution in [3.05, 3.63) is 87.6 Å².